The summed E-state index contributed by atoms with van der Waals surface area (Å²) in [5.41, 5.74) is 3.41. The minimum Gasteiger partial charge on any atom is -0.472 e. The molecule has 2 aromatic heterocycles. The Morgan fingerprint density at radius 1 is 1.18 bits per heavy atom. The molecule has 2 amide bonds. The van der Waals surface area contributed by atoms with Crippen molar-refractivity contribution < 1.29 is 17.9 Å². The molecule has 1 saturated heterocycles. The molecule has 12 heteroatoms. The molecule has 2 N–H and O–H groups in total. The van der Waals surface area contributed by atoms with Gasteiger partial charge in [-0.05, 0) is 37.8 Å². The molecule has 2 aliphatic heterocycles. The predicted octanol–water partition coefficient (Wildman–Crippen LogP) is 2.28. The van der Waals surface area contributed by atoms with Gasteiger partial charge in [-0.2, -0.15) is 10.1 Å². The van der Waals surface area contributed by atoms with Gasteiger partial charge in [0.2, 0.25) is 11.8 Å². The summed E-state index contributed by atoms with van der Waals surface area (Å²) < 4.78 is 36.0. The average Bonchev–Trinajstić information content (AvgIpc) is 3.27. The van der Waals surface area contributed by atoms with Crippen LogP contribution in [0.5, 0.6) is 5.88 Å². The highest BCUT2D eigenvalue weighted by atomic mass is 32.2. The van der Waals surface area contributed by atoms with E-state index in [9.17, 15) is 13.2 Å². The first-order valence-corrected chi connectivity index (χ1v) is 12.5. The van der Waals surface area contributed by atoms with Crippen molar-refractivity contribution in [2.24, 2.45) is 0 Å². The summed E-state index contributed by atoms with van der Waals surface area (Å²) in [5, 5.41) is 6.82. The number of aryl methyl sites for hydroxylation is 2. The maximum Gasteiger partial charge on any atom is 0.318 e. The highest BCUT2D eigenvalue weighted by Crippen LogP contribution is 2.30. The fraction of sp³-hybridized carbons (Fsp3) is 0.364. The number of hydrogen-bond donors (Lipinski definition) is 2. The van der Waals surface area contributed by atoms with Gasteiger partial charge in [0.25, 0.3) is 10.0 Å². The molecule has 178 valence electrons. The summed E-state index contributed by atoms with van der Waals surface area (Å²) >= 11 is 0. The molecule has 2 aliphatic rings. The van der Waals surface area contributed by atoms with Crippen molar-refractivity contribution in [1.82, 2.24) is 30.0 Å². The van der Waals surface area contributed by atoms with Crippen LogP contribution < -0.4 is 14.8 Å². The van der Waals surface area contributed by atoms with E-state index in [1.807, 2.05) is 32.0 Å². The molecule has 34 heavy (non-hydrogen) atoms. The minimum atomic E-state index is -4.02. The molecule has 0 spiro atoms. The fourth-order valence-corrected chi connectivity index (χ4v) is 5.17. The van der Waals surface area contributed by atoms with Gasteiger partial charge in [-0.3, -0.25) is 4.68 Å². The number of fused-ring (bicyclic) bond motifs is 6. The summed E-state index contributed by atoms with van der Waals surface area (Å²) in [6.07, 6.45) is 3.79. The average molecular weight is 484 g/mol. The number of nitrogens with zero attached hydrogens (tertiary/aromatic N) is 5. The Balaban J connectivity index is 1.62. The second-order valence-electron chi connectivity index (χ2n) is 8.47. The number of sulfonamides is 1. The van der Waals surface area contributed by atoms with Crippen LogP contribution in [-0.4, -0.2) is 58.3 Å². The lowest BCUT2D eigenvalue weighted by atomic mass is 10.00. The third-order valence-corrected chi connectivity index (χ3v) is 7.21. The largest absolute Gasteiger partial charge is 0.472 e. The van der Waals surface area contributed by atoms with Gasteiger partial charge >= 0.3 is 6.03 Å². The van der Waals surface area contributed by atoms with Crippen LogP contribution in [0.4, 0.5) is 10.7 Å². The molecule has 0 aliphatic carbocycles. The van der Waals surface area contributed by atoms with E-state index in [2.05, 4.69) is 25.1 Å². The monoisotopic (exact) mass is 483 g/mol. The molecule has 1 fully saturated rings. The number of hydrogen-bond acceptors (Lipinski definition) is 7. The molecule has 0 radical (unpaired) electrons. The quantitative estimate of drug-likeness (QED) is 0.543. The molecule has 1 atom stereocenters. The second kappa shape index (κ2) is 8.60. The van der Waals surface area contributed by atoms with Gasteiger partial charge < -0.3 is 15.0 Å². The highest BCUT2D eigenvalue weighted by molar-refractivity contribution is 7.92. The Morgan fingerprint density at radius 2 is 1.97 bits per heavy atom. The van der Waals surface area contributed by atoms with E-state index in [1.54, 1.807) is 11.0 Å². The van der Waals surface area contributed by atoms with Crippen LogP contribution in [0.2, 0.25) is 0 Å². The number of nitrogens with one attached hydrogen (secondary N) is 2. The lowest BCUT2D eigenvalue weighted by Crippen LogP contribution is -2.48. The van der Waals surface area contributed by atoms with Crippen molar-refractivity contribution in [1.29, 1.82) is 0 Å². The summed E-state index contributed by atoms with van der Waals surface area (Å²) in [7, 11) is -4.02. The zero-order valence-corrected chi connectivity index (χ0v) is 19.7. The third kappa shape index (κ3) is 4.40. The number of ether oxygens (including phenoxy) is 1. The Hall–Kier alpha value is -3.67. The first kappa shape index (κ1) is 22.1. The summed E-state index contributed by atoms with van der Waals surface area (Å²) in [4.78, 5) is 23.1. The van der Waals surface area contributed by atoms with Crippen molar-refractivity contribution in [2.45, 2.75) is 44.4 Å². The van der Waals surface area contributed by atoms with Gasteiger partial charge in [0.1, 0.15) is 17.7 Å². The molecule has 1 aromatic carbocycles. The van der Waals surface area contributed by atoms with Gasteiger partial charge in [0.15, 0.2) is 0 Å². The first-order chi connectivity index (χ1) is 16.3. The number of aromatic nitrogens is 4. The molecule has 0 saturated carbocycles. The number of anilines is 1. The van der Waals surface area contributed by atoms with Crippen LogP contribution in [0.25, 0.3) is 11.3 Å². The summed E-state index contributed by atoms with van der Waals surface area (Å²) in [6, 6.07) is 7.34. The zero-order chi connectivity index (χ0) is 23.9. The normalized spacial score (nSPS) is 19.8. The number of benzene rings is 1. The topological polar surface area (TPSA) is 131 Å². The van der Waals surface area contributed by atoms with Crippen LogP contribution in [0.3, 0.4) is 0 Å². The Kier molecular flexibility index (Phi) is 5.60. The van der Waals surface area contributed by atoms with Crippen molar-refractivity contribution in [3.63, 3.8) is 0 Å². The van der Waals surface area contributed by atoms with Crippen LogP contribution >= 0.6 is 0 Å². The zero-order valence-electron chi connectivity index (χ0n) is 18.9. The molecule has 5 rings (SSSR count). The van der Waals surface area contributed by atoms with Gasteiger partial charge in [0, 0.05) is 24.4 Å². The SMILES string of the molecule is Cc1cccc(C)c1-c1cc2nc(n1)NS(=O)(=O)c1cnn(c1)CNC(=O)N1CCCC(C1)O2. The van der Waals surface area contributed by atoms with Gasteiger partial charge in [0.05, 0.1) is 18.4 Å². The number of rotatable bonds is 1. The Morgan fingerprint density at radius 3 is 2.76 bits per heavy atom. The molecule has 1 unspecified atom stereocenters. The second-order valence-corrected chi connectivity index (χ2v) is 10.2. The van der Waals surface area contributed by atoms with Gasteiger partial charge in [-0.15, -0.1) is 0 Å². The highest BCUT2D eigenvalue weighted by Gasteiger charge is 2.27. The molecule has 11 nitrogen and oxygen atoms in total. The Bertz CT molecular complexity index is 1330. The lowest BCUT2D eigenvalue weighted by molar-refractivity contribution is 0.0970. The van der Waals surface area contributed by atoms with Gasteiger partial charge in [-0.25, -0.2) is 22.9 Å². The number of carbonyl (C=O) groups is 1. The molecular weight excluding hydrogens is 458 g/mol. The van der Waals surface area contributed by atoms with E-state index in [0.717, 1.165) is 29.5 Å². The van der Waals surface area contributed by atoms with Crippen molar-refractivity contribution in [3.05, 3.63) is 47.8 Å². The van der Waals surface area contributed by atoms with Crippen LogP contribution in [0.15, 0.2) is 41.6 Å². The van der Waals surface area contributed by atoms with Crippen LogP contribution in [0.1, 0.15) is 24.0 Å². The number of piperidine rings is 1. The van der Waals surface area contributed by atoms with Crippen molar-refractivity contribution in [3.8, 4) is 17.1 Å². The van der Waals surface area contributed by atoms with Gasteiger partial charge in [-0.1, -0.05) is 18.2 Å². The van der Waals surface area contributed by atoms with Crippen LogP contribution in [0, 0.1) is 13.8 Å². The van der Waals surface area contributed by atoms with Crippen molar-refractivity contribution in [2.75, 3.05) is 17.8 Å². The fourth-order valence-electron chi connectivity index (χ4n) is 4.28. The van der Waals surface area contributed by atoms with Crippen LogP contribution in [-0.2, 0) is 16.7 Å². The summed E-state index contributed by atoms with van der Waals surface area (Å²) in [6.45, 7) is 4.97. The third-order valence-electron chi connectivity index (χ3n) is 5.93. The van der Waals surface area contributed by atoms with E-state index in [1.165, 1.54) is 17.1 Å². The first-order valence-electron chi connectivity index (χ1n) is 11.0. The number of carbonyl (C=O) groups excluding carboxylic acids is 1. The van der Waals surface area contributed by atoms with E-state index in [4.69, 9.17) is 4.74 Å². The Labute approximate surface area is 197 Å². The minimum absolute atomic E-state index is 0.0390. The number of urea groups is 1. The standard InChI is InChI=1S/C22H25N7O4S/c1-14-5-3-6-15(2)20(14)18-9-19-26-21(25-18)27-34(31,32)17-10-24-29(12-17)13-23-22(30)28-8-4-7-16(11-28)33-19/h3,5-6,9-10,12,16H,4,7-8,11,13H2,1-2H3,(H,23,30)(H,25,26,27). The maximum atomic E-state index is 13.0. The molecule has 6 bridgehead atoms. The predicted molar refractivity (Wildman–Crippen MR) is 124 cm³/mol. The number of amides is 2. The lowest BCUT2D eigenvalue weighted by Gasteiger charge is -2.32. The molecule has 3 aromatic rings. The smallest absolute Gasteiger partial charge is 0.318 e. The van der Waals surface area contributed by atoms with E-state index < -0.39 is 10.0 Å². The maximum absolute atomic E-state index is 13.0. The molecule has 4 heterocycles. The van der Waals surface area contributed by atoms with E-state index in [-0.39, 0.29) is 35.5 Å². The van der Waals surface area contributed by atoms with E-state index >= 15 is 0 Å². The van der Waals surface area contributed by atoms with Crippen molar-refractivity contribution >= 4 is 22.0 Å². The van der Waals surface area contributed by atoms with E-state index in [0.29, 0.717) is 18.8 Å². The summed E-state index contributed by atoms with van der Waals surface area (Å²) in [5.74, 6) is 0.142. The molecular formula is C22H25N7O4S.